The monoisotopic (exact) mass is 554 g/mol. The van der Waals surface area contributed by atoms with Gasteiger partial charge in [-0.2, -0.15) is 5.10 Å². The molecular formula is C28H23ClN8O3. The van der Waals surface area contributed by atoms with E-state index in [-0.39, 0.29) is 12.5 Å². The molecule has 6 aromatic rings. The van der Waals surface area contributed by atoms with Gasteiger partial charge in [0.2, 0.25) is 11.8 Å². The number of hydrogen-bond donors (Lipinski definition) is 1. The summed E-state index contributed by atoms with van der Waals surface area (Å²) in [6.45, 7) is 2.22. The minimum Gasteiger partial charge on any atom is -0.496 e. The SMILES string of the molecule is COc1ccc(-c2nc3c4c(ncn3n2)Oc2n[nH]c(C)c2C4c2cnn(C)c2)cc1COc1ccccc1Cl. The van der Waals surface area contributed by atoms with Crippen LogP contribution in [0.4, 0.5) is 0 Å². The average Bonchev–Trinajstić information content (AvgIpc) is 3.69. The van der Waals surface area contributed by atoms with E-state index in [1.54, 1.807) is 28.7 Å². The third-order valence-electron chi connectivity index (χ3n) is 6.93. The zero-order chi connectivity index (χ0) is 27.4. The fraction of sp³-hybridized carbons (Fsp3) is 0.179. The molecule has 0 saturated heterocycles. The summed E-state index contributed by atoms with van der Waals surface area (Å²) < 4.78 is 21.1. The van der Waals surface area contributed by atoms with Gasteiger partial charge in [0, 0.05) is 41.2 Å². The van der Waals surface area contributed by atoms with Crippen molar-refractivity contribution in [1.29, 1.82) is 0 Å². The van der Waals surface area contributed by atoms with Crippen LogP contribution in [0.5, 0.6) is 23.3 Å². The first-order valence-corrected chi connectivity index (χ1v) is 12.9. The summed E-state index contributed by atoms with van der Waals surface area (Å²) in [5.41, 5.74) is 5.84. The molecule has 0 aliphatic carbocycles. The van der Waals surface area contributed by atoms with Gasteiger partial charge in [-0.15, -0.1) is 10.2 Å². The van der Waals surface area contributed by atoms with E-state index in [0.29, 0.717) is 39.8 Å². The Morgan fingerprint density at radius 3 is 2.77 bits per heavy atom. The molecule has 2 aromatic carbocycles. The Morgan fingerprint density at radius 2 is 1.98 bits per heavy atom. The average molecular weight is 555 g/mol. The van der Waals surface area contributed by atoms with Crippen molar-refractivity contribution in [3.05, 3.63) is 94.2 Å². The van der Waals surface area contributed by atoms with Gasteiger partial charge < -0.3 is 14.2 Å². The Morgan fingerprint density at radius 1 is 1.10 bits per heavy atom. The fourth-order valence-corrected chi connectivity index (χ4v) is 5.25. The van der Waals surface area contributed by atoms with Gasteiger partial charge in [0.05, 0.1) is 29.8 Å². The smallest absolute Gasteiger partial charge is 0.244 e. The lowest BCUT2D eigenvalue weighted by Gasteiger charge is -2.24. The van der Waals surface area contributed by atoms with Gasteiger partial charge in [0.15, 0.2) is 11.5 Å². The highest BCUT2D eigenvalue weighted by atomic mass is 35.5. The molecule has 0 spiro atoms. The molecule has 40 heavy (non-hydrogen) atoms. The Bertz CT molecular complexity index is 1890. The predicted molar refractivity (Wildman–Crippen MR) is 146 cm³/mol. The number of ether oxygens (including phenoxy) is 3. The van der Waals surface area contributed by atoms with E-state index in [2.05, 4.69) is 20.3 Å². The van der Waals surface area contributed by atoms with Gasteiger partial charge in [-0.1, -0.05) is 23.7 Å². The Labute approximate surface area is 233 Å². The van der Waals surface area contributed by atoms with E-state index in [0.717, 1.165) is 33.5 Å². The minimum atomic E-state index is -0.241. The van der Waals surface area contributed by atoms with Crippen LogP contribution >= 0.6 is 11.6 Å². The number of rotatable bonds is 6. The topological polar surface area (TPSA) is 117 Å². The van der Waals surface area contributed by atoms with Crippen LogP contribution in [0.15, 0.2) is 61.2 Å². The number of hydrogen-bond acceptors (Lipinski definition) is 8. The molecule has 0 fully saturated rings. The molecule has 0 bridgehead atoms. The lowest BCUT2D eigenvalue weighted by molar-refractivity contribution is 0.297. The predicted octanol–water partition coefficient (Wildman–Crippen LogP) is 5.08. The van der Waals surface area contributed by atoms with Crippen LogP contribution in [0.1, 0.15) is 33.9 Å². The summed E-state index contributed by atoms with van der Waals surface area (Å²) in [6.07, 6.45) is 5.41. The molecule has 0 radical (unpaired) electrons. The molecule has 1 N–H and O–H groups in total. The van der Waals surface area contributed by atoms with Crippen molar-refractivity contribution < 1.29 is 14.2 Å². The van der Waals surface area contributed by atoms with Crippen LogP contribution in [0.25, 0.3) is 17.0 Å². The molecule has 1 aliphatic heterocycles. The molecule has 1 unspecified atom stereocenters. The van der Waals surface area contributed by atoms with Crippen molar-refractivity contribution in [3.63, 3.8) is 0 Å². The largest absolute Gasteiger partial charge is 0.496 e. The van der Waals surface area contributed by atoms with E-state index in [9.17, 15) is 0 Å². The molecule has 200 valence electrons. The summed E-state index contributed by atoms with van der Waals surface area (Å²) >= 11 is 6.28. The Kier molecular flexibility index (Phi) is 5.67. The lowest BCUT2D eigenvalue weighted by Crippen LogP contribution is -2.14. The molecule has 7 rings (SSSR count). The molecular weight excluding hydrogens is 532 g/mol. The third kappa shape index (κ3) is 3.93. The molecule has 5 heterocycles. The second-order valence-corrected chi connectivity index (χ2v) is 9.87. The third-order valence-corrected chi connectivity index (χ3v) is 7.25. The normalized spacial score (nSPS) is 14.1. The van der Waals surface area contributed by atoms with E-state index < -0.39 is 0 Å². The number of aromatic amines is 1. The number of methoxy groups -OCH3 is 1. The first-order valence-electron chi connectivity index (χ1n) is 12.5. The van der Waals surface area contributed by atoms with Crippen molar-refractivity contribution in [2.75, 3.05) is 7.11 Å². The van der Waals surface area contributed by atoms with Crippen molar-refractivity contribution in [1.82, 2.24) is 39.6 Å². The molecule has 0 saturated carbocycles. The summed E-state index contributed by atoms with van der Waals surface area (Å²) in [7, 11) is 3.51. The molecule has 11 nitrogen and oxygen atoms in total. The number of H-pyrrole nitrogens is 1. The van der Waals surface area contributed by atoms with E-state index >= 15 is 0 Å². The zero-order valence-corrected chi connectivity index (χ0v) is 22.5. The number of nitrogens with zero attached hydrogens (tertiary/aromatic N) is 7. The summed E-state index contributed by atoms with van der Waals surface area (Å²) in [4.78, 5) is 9.53. The van der Waals surface area contributed by atoms with E-state index in [1.165, 1.54) is 0 Å². The first-order chi connectivity index (χ1) is 19.5. The molecule has 1 aliphatic rings. The number of para-hydroxylation sites is 1. The quantitative estimate of drug-likeness (QED) is 0.302. The first kappa shape index (κ1) is 24.2. The van der Waals surface area contributed by atoms with E-state index in [4.69, 9.17) is 35.9 Å². The molecule has 0 amide bonds. The van der Waals surface area contributed by atoms with Crippen molar-refractivity contribution in [2.24, 2.45) is 7.05 Å². The zero-order valence-electron chi connectivity index (χ0n) is 21.8. The number of halogens is 1. The maximum atomic E-state index is 6.28. The van der Waals surface area contributed by atoms with Crippen LogP contribution in [0, 0.1) is 6.92 Å². The highest BCUT2D eigenvalue weighted by molar-refractivity contribution is 6.32. The summed E-state index contributed by atoms with van der Waals surface area (Å²) in [5, 5.41) is 17.1. The van der Waals surface area contributed by atoms with Crippen LogP contribution in [-0.2, 0) is 13.7 Å². The van der Waals surface area contributed by atoms with Gasteiger partial charge in [-0.3, -0.25) is 9.78 Å². The lowest BCUT2D eigenvalue weighted by atomic mass is 9.86. The van der Waals surface area contributed by atoms with Gasteiger partial charge >= 0.3 is 0 Å². The standard InChI is InChI=1S/C28H23ClN8O3/c1-15-22-23(18-11-31-36(2)12-18)24-26-32-25(35-37(26)14-30-27(24)40-28(22)34-33-15)16-8-9-20(38-3)17(10-16)13-39-21-7-5-4-6-19(21)29/h4-12,14,23H,13H2,1-3H3,(H,33,34). The van der Waals surface area contributed by atoms with E-state index in [1.807, 2.05) is 62.8 Å². The number of nitrogens with one attached hydrogen (secondary N) is 1. The van der Waals surface area contributed by atoms with Crippen LogP contribution < -0.4 is 14.2 Å². The van der Waals surface area contributed by atoms with Crippen LogP contribution in [-0.4, -0.2) is 46.7 Å². The van der Waals surface area contributed by atoms with Crippen LogP contribution in [0.2, 0.25) is 5.02 Å². The Hall–Kier alpha value is -4.90. The number of aryl methyl sites for hydroxylation is 2. The van der Waals surface area contributed by atoms with Crippen molar-refractivity contribution in [3.8, 4) is 34.6 Å². The maximum Gasteiger partial charge on any atom is 0.244 e. The summed E-state index contributed by atoms with van der Waals surface area (Å²) in [5.74, 6) is 2.49. The van der Waals surface area contributed by atoms with Gasteiger partial charge in [-0.05, 0) is 37.3 Å². The highest BCUT2D eigenvalue weighted by Gasteiger charge is 2.37. The minimum absolute atomic E-state index is 0.241. The second kappa shape index (κ2) is 9.38. The number of benzene rings is 2. The van der Waals surface area contributed by atoms with Gasteiger partial charge in [0.1, 0.15) is 24.4 Å². The summed E-state index contributed by atoms with van der Waals surface area (Å²) in [6, 6.07) is 13.1. The van der Waals surface area contributed by atoms with Crippen molar-refractivity contribution in [2.45, 2.75) is 19.4 Å². The number of fused-ring (bicyclic) bond motifs is 4. The van der Waals surface area contributed by atoms with Gasteiger partial charge in [0.25, 0.3) is 0 Å². The molecule has 1 atom stereocenters. The molecule has 12 heteroatoms. The fourth-order valence-electron chi connectivity index (χ4n) is 5.06. The van der Waals surface area contributed by atoms with Crippen LogP contribution in [0.3, 0.4) is 0 Å². The Balaban J connectivity index is 1.32. The highest BCUT2D eigenvalue weighted by Crippen LogP contribution is 2.48. The van der Waals surface area contributed by atoms with Gasteiger partial charge in [-0.25, -0.2) is 14.5 Å². The maximum absolute atomic E-state index is 6.28. The number of aromatic nitrogens is 8. The molecule has 4 aromatic heterocycles. The second-order valence-electron chi connectivity index (χ2n) is 9.46. The van der Waals surface area contributed by atoms with Crippen molar-refractivity contribution >= 4 is 17.2 Å².